The van der Waals surface area contributed by atoms with Crippen LogP contribution in [0, 0.1) is 0 Å². The highest BCUT2D eigenvalue weighted by Gasteiger charge is 2.15. The van der Waals surface area contributed by atoms with Crippen molar-refractivity contribution in [3.63, 3.8) is 0 Å². The average Bonchev–Trinajstić information content (AvgIpc) is 3.37. The summed E-state index contributed by atoms with van der Waals surface area (Å²) in [6.07, 6.45) is 1.04. The fourth-order valence-electron chi connectivity index (χ4n) is 3.13. The van der Waals surface area contributed by atoms with Gasteiger partial charge in [-0.1, -0.05) is 30.8 Å². The van der Waals surface area contributed by atoms with E-state index in [4.69, 9.17) is 18.9 Å². The number of aromatic nitrogens is 4. The van der Waals surface area contributed by atoms with Crippen molar-refractivity contribution < 1.29 is 13.9 Å². The van der Waals surface area contributed by atoms with Gasteiger partial charge in [-0.15, -0.1) is 10.2 Å². The van der Waals surface area contributed by atoms with E-state index >= 15 is 0 Å². The molecule has 0 radical (unpaired) electrons. The molecule has 2 aromatic heterocycles. The molecule has 7 nitrogen and oxygen atoms in total. The molecule has 0 fully saturated rings. The second-order valence-electron chi connectivity index (χ2n) is 6.39. The maximum atomic E-state index is 5.86. The van der Waals surface area contributed by atoms with E-state index in [0.29, 0.717) is 29.0 Å². The molecule has 4 aromatic rings. The maximum absolute atomic E-state index is 5.86. The Morgan fingerprint density at radius 3 is 2.66 bits per heavy atom. The number of methoxy groups -OCH3 is 2. The van der Waals surface area contributed by atoms with Crippen molar-refractivity contribution in [2.24, 2.45) is 0 Å². The first-order valence-corrected chi connectivity index (χ1v) is 10.3. The number of hydrogen-bond donors (Lipinski definition) is 0. The third-order valence-electron chi connectivity index (χ3n) is 4.49. The molecule has 0 unspecified atom stereocenters. The van der Waals surface area contributed by atoms with Gasteiger partial charge in [-0.3, -0.25) is 0 Å². The summed E-state index contributed by atoms with van der Waals surface area (Å²) in [4.78, 5) is 4.76. The van der Waals surface area contributed by atoms with Crippen molar-refractivity contribution in [1.29, 1.82) is 0 Å². The molecule has 0 aliphatic carbocycles. The van der Waals surface area contributed by atoms with Crippen LogP contribution >= 0.6 is 11.8 Å². The van der Waals surface area contributed by atoms with Gasteiger partial charge in [-0.2, -0.15) is 0 Å². The van der Waals surface area contributed by atoms with E-state index in [0.717, 1.165) is 34.7 Å². The van der Waals surface area contributed by atoms with Crippen LogP contribution in [0.25, 0.3) is 22.5 Å². The zero-order valence-electron chi connectivity index (χ0n) is 16.6. The molecule has 2 aromatic carbocycles. The Morgan fingerprint density at radius 2 is 1.86 bits per heavy atom. The van der Waals surface area contributed by atoms with Crippen molar-refractivity contribution >= 4 is 22.8 Å². The molecule has 0 amide bonds. The Labute approximate surface area is 173 Å². The van der Waals surface area contributed by atoms with Crippen molar-refractivity contribution in [3.05, 3.63) is 48.4 Å². The van der Waals surface area contributed by atoms with Crippen LogP contribution in [0.1, 0.15) is 19.2 Å². The fourth-order valence-corrected chi connectivity index (χ4v) is 4.01. The standard InChI is InChI=1S/C21H22N4O3S/c1-4-11-25-16-8-6-5-7-15(16)22-21(25)29-13-19-23-24-20(28-19)14-9-10-17(26-2)18(12-14)27-3/h5-10,12H,4,11,13H2,1-3H3. The SMILES string of the molecule is CCCn1c(SCc2nnc(-c3ccc(OC)c(OC)c3)o2)nc2ccccc21. The molecule has 0 aliphatic heterocycles. The Bertz CT molecular complexity index is 1120. The number of nitrogens with zero attached hydrogens (tertiary/aromatic N) is 4. The lowest BCUT2D eigenvalue weighted by Gasteiger charge is -2.07. The lowest BCUT2D eigenvalue weighted by Crippen LogP contribution is -1.98. The number of fused-ring (bicyclic) bond motifs is 1. The molecule has 0 N–H and O–H groups in total. The van der Waals surface area contributed by atoms with Gasteiger partial charge >= 0.3 is 0 Å². The molecular formula is C21H22N4O3S. The molecule has 0 spiro atoms. The van der Waals surface area contributed by atoms with E-state index in [-0.39, 0.29) is 0 Å². The van der Waals surface area contributed by atoms with E-state index in [9.17, 15) is 0 Å². The zero-order chi connectivity index (χ0) is 20.2. The zero-order valence-corrected chi connectivity index (χ0v) is 17.4. The molecular weight excluding hydrogens is 388 g/mol. The molecule has 8 heteroatoms. The van der Waals surface area contributed by atoms with Crippen LogP contribution in [0.2, 0.25) is 0 Å². The first-order chi connectivity index (χ1) is 14.2. The summed E-state index contributed by atoms with van der Waals surface area (Å²) < 4.78 is 18.7. The van der Waals surface area contributed by atoms with Crippen molar-refractivity contribution in [3.8, 4) is 23.0 Å². The second kappa shape index (κ2) is 8.57. The van der Waals surface area contributed by atoms with Gasteiger partial charge in [0, 0.05) is 12.1 Å². The number of rotatable bonds is 8. The molecule has 0 bridgehead atoms. The van der Waals surface area contributed by atoms with Crippen molar-refractivity contribution in [1.82, 2.24) is 19.7 Å². The van der Waals surface area contributed by atoms with Crippen LogP contribution in [0.15, 0.2) is 52.0 Å². The van der Waals surface area contributed by atoms with Crippen molar-refractivity contribution in [2.45, 2.75) is 30.8 Å². The largest absolute Gasteiger partial charge is 0.493 e. The molecule has 29 heavy (non-hydrogen) atoms. The fraction of sp³-hybridized carbons (Fsp3) is 0.286. The monoisotopic (exact) mass is 410 g/mol. The lowest BCUT2D eigenvalue weighted by molar-refractivity contribution is 0.355. The number of hydrogen-bond acceptors (Lipinski definition) is 7. The molecule has 0 aliphatic rings. The van der Waals surface area contributed by atoms with E-state index in [1.54, 1.807) is 26.0 Å². The van der Waals surface area contributed by atoms with Gasteiger partial charge in [-0.25, -0.2) is 4.98 Å². The molecule has 2 heterocycles. The Morgan fingerprint density at radius 1 is 1.03 bits per heavy atom. The minimum absolute atomic E-state index is 0.448. The number of imidazole rings is 1. The van der Waals surface area contributed by atoms with Crippen LogP contribution in [-0.4, -0.2) is 34.0 Å². The van der Waals surface area contributed by atoms with Gasteiger partial charge in [-0.05, 0) is 36.8 Å². The summed E-state index contributed by atoms with van der Waals surface area (Å²) in [6, 6.07) is 13.7. The van der Waals surface area contributed by atoms with E-state index < -0.39 is 0 Å². The van der Waals surface area contributed by atoms with Crippen LogP contribution < -0.4 is 9.47 Å². The Hall–Kier alpha value is -3.00. The van der Waals surface area contributed by atoms with Gasteiger partial charge in [0.1, 0.15) is 0 Å². The summed E-state index contributed by atoms with van der Waals surface area (Å²) in [6.45, 7) is 3.08. The van der Waals surface area contributed by atoms with Crippen LogP contribution in [0.5, 0.6) is 11.5 Å². The van der Waals surface area contributed by atoms with Crippen molar-refractivity contribution in [2.75, 3.05) is 14.2 Å². The number of benzene rings is 2. The van der Waals surface area contributed by atoms with Gasteiger partial charge in [0.2, 0.25) is 11.8 Å². The smallest absolute Gasteiger partial charge is 0.247 e. The molecule has 150 valence electrons. The maximum Gasteiger partial charge on any atom is 0.247 e. The molecule has 0 saturated heterocycles. The highest BCUT2D eigenvalue weighted by atomic mass is 32.2. The minimum atomic E-state index is 0.448. The topological polar surface area (TPSA) is 75.2 Å². The van der Waals surface area contributed by atoms with Gasteiger partial charge in [0.05, 0.1) is 31.0 Å². The minimum Gasteiger partial charge on any atom is -0.493 e. The predicted molar refractivity (Wildman–Crippen MR) is 112 cm³/mol. The summed E-state index contributed by atoms with van der Waals surface area (Å²) in [7, 11) is 3.20. The Kier molecular flexibility index (Phi) is 5.71. The number of aryl methyl sites for hydroxylation is 1. The predicted octanol–water partition coefficient (Wildman–Crippen LogP) is 4.81. The van der Waals surface area contributed by atoms with Crippen LogP contribution in [0.3, 0.4) is 0 Å². The third kappa shape index (κ3) is 3.93. The Balaban J connectivity index is 1.53. The van der Waals surface area contributed by atoms with Crippen LogP contribution in [-0.2, 0) is 12.3 Å². The van der Waals surface area contributed by atoms with E-state index in [2.05, 4.69) is 27.8 Å². The normalized spacial score (nSPS) is 11.1. The summed E-state index contributed by atoms with van der Waals surface area (Å²) in [5, 5.41) is 9.32. The number of para-hydroxylation sites is 2. The number of ether oxygens (including phenoxy) is 2. The van der Waals surface area contributed by atoms with Gasteiger partial charge in [0.25, 0.3) is 0 Å². The number of thioether (sulfide) groups is 1. The highest BCUT2D eigenvalue weighted by Crippen LogP contribution is 2.32. The summed E-state index contributed by atoms with van der Waals surface area (Å²) in [5.41, 5.74) is 2.93. The first kappa shape index (κ1) is 19.3. The first-order valence-electron chi connectivity index (χ1n) is 9.36. The summed E-state index contributed by atoms with van der Waals surface area (Å²) >= 11 is 1.60. The molecule has 0 atom stereocenters. The quantitative estimate of drug-likeness (QED) is 0.386. The van der Waals surface area contributed by atoms with Crippen LogP contribution in [0.4, 0.5) is 0 Å². The average molecular weight is 410 g/mol. The molecule has 0 saturated carbocycles. The summed E-state index contributed by atoms with van der Waals surface area (Å²) in [5.74, 6) is 2.82. The van der Waals surface area contributed by atoms with Gasteiger partial charge in [0.15, 0.2) is 16.7 Å². The van der Waals surface area contributed by atoms with E-state index in [1.165, 1.54) is 0 Å². The highest BCUT2D eigenvalue weighted by molar-refractivity contribution is 7.98. The second-order valence-corrected chi connectivity index (χ2v) is 7.34. The lowest BCUT2D eigenvalue weighted by atomic mass is 10.2. The van der Waals surface area contributed by atoms with E-state index in [1.807, 2.05) is 36.4 Å². The van der Waals surface area contributed by atoms with Gasteiger partial charge < -0.3 is 18.5 Å². The molecule has 4 rings (SSSR count). The third-order valence-corrected chi connectivity index (χ3v) is 5.45.